The summed E-state index contributed by atoms with van der Waals surface area (Å²) >= 11 is 0. The first-order chi connectivity index (χ1) is 13.0. The third-order valence-electron chi connectivity index (χ3n) is 4.84. The van der Waals surface area contributed by atoms with Gasteiger partial charge in [-0.2, -0.15) is 12.6 Å². The minimum atomic E-state index is 0. The van der Waals surface area contributed by atoms with E-state index in [9.17, 15) is 0 Å². The van der Waals surface area contributed by atoms with E-state index in [0.29, 0.717) is 24.2 Å². The van der Waals surface area contributed by atoms with Gasteiger partial charge in [0.2, 0.25) is 0 Å². The van der Waals surface area contributed by atoms with E-state index in [1.165, 1.54) is 0 Å². The summed E-state index contributed by atoms with van der Waals surface area (Å²) in [6, 6.07) is 1.59. The summed E-state index contributed by atoms with van der Waals surface area (Å²) in [5.74, 6) is 0. The van der Waals surface area contributed by atoms with Gasteiger partial charge in [-0.1, -0.05) is 81.1 Å². The summed E-state index contributed by atoms with van der Waals surface area (Å²) in [5, 5.41) is 18.6. The molecule has 0 spiro atoms. The maximum absolute atomic E-state index is 4.64. The van der Waals surface area contributed by atoms with E-state index in [-0.39, 0.29) is 46.7 Å². The van der Waals surface area contributed by atoms with Gasteiger partial charge in [-0.05, 0) is 28.2 Å². The van der Waals surface area contributed by atoms with E-state index in [2.05, 4.69) is 86.5 Å². The molecular weight excluding hydrogens is 475 g/mol. The molecule has 0 fully saturated rings. The molecule has 0 rings (SSSR count). The first-order valence-electron chi connectivity index (χ1n) is 11.1. The first kappa shape index (κ1) is 38.1. The Hall–Kier alpha value is 0.799. The van der Waals surface area contributed by atoms with Crippen molar-refractivity contribution < 1.29 is 34.1 Å². The van der Waals surface area contributed by atoms with Crippen LogP contribution in [0.3, 0.4) is 0 Å². The second-order valence-electron chi connectivity index (χ2n) is 8.25. The zero-order valence-electron chi connectivity index (χ0n) is 21.6. The second-order valence-corrected chi connectivity index (χ2v) is 8.25. The third kappa shape index (κ3) is 20.7. The molecule has 0 aliphatic rings. The molecule has 0 aliphatic heterocycles. The monoisotopic (exact) mass is 524 g/mol. The Bertz CT molecular complexity index is 292. The zero-order valence-corrected chi connectivity index (χ0v) is 23.5. The molecule has 0 heterocycles. The topological polar surface area (TPSA) is 62.9 Å². The fourth-order valence-electron chi connectivity index (χ4n) is 1.94. The molecule has 0 saturated heterocycles. The summed E-state index contributed by atoms with van der Waals surface area (Å²) < 4.78 is 0. The fourth-order valence-corrected chi connectivity index (χ4v) is 1.94. The quantitative estimate of drug-likeness (QED) is 0.248. The van der Waals surface area contributed by atoms with Crippen LogP contribution in [-0.4, -0.2) is 74.7 Å². The van der Waals surface area contributed by atoms with Crippen LogP contribution in [0.2, 0.25) is 0 Å². The third-order valence-corrected chi connectivity index (χ3v) is 4.84. The molecule has 0 N–H and O–H groups in total. The van der Waals surface area contributed by atoms with Crippen molar-refractivity contribution in [3.63, 3.8) is 0 Å². The van der Waals surface area contributed by atoms with Crippen molar-refractivity contribution >= 4 is 0 Å². The molecule has 4 unspecified atom stereocenters. The van der Waals surface area contributed by atoms with Crippen LogP contribution in [0.25, 0.3) is 21.3 Å². The van der Waals surface area contributed by atoms with Gasteiger partial charge in [0, 0.05) is 0 Å². The van der Waals surface area contributed by atoms with Gasteiger partial charge in [0.1, 0.15) is 0 Å². The fraction of sp³-hybridized carbons (Fsp3) is 1.00. The molecule has 0 aromatic heterocycles. The molecule has 8 heteroatoms. The molecular formula is C22H50Cu2N6. The number of hydrogen-bond acceptors (Lipinski definition) is 2. The maximum Gasteiger partial charge on any atom is 2.00 e. The normalized spacial score (nSPS) is 17.0. The summed E-state index contributed by atoms with van der Waals surface area (Å²) in [6.07, 6.45) is 4.39. The minimum absolute atomic E-state index is 0. The van der Waals surface area contributed by atoms with Gasteiger partial charge in [0.25, 0.3) is 0 Å². The summed E-state index contributed by atoms with van der Waals surface area (Å²) in [6.45, 7) is 17.2. The van der Waals surface area contributed by atoms with Crippen molar-refractivity contribution in [1.29, 1.82) is 0 Å². The molecule has 4 atom stereocenters. The Labute approximate surface area is 210 Å². The van der Waals surface area contributed by atoms with Crippen LogP contribution in [0, 0.1) is 0 Å². The van der Waals surface area contributed by atoms with Crippen molar-refractivity contribution in [2.75, 3.05) is 28.2 Å². The molecule has 0 aliphatic carbocycles. The van der Waals surface area contributed by atoms with Gasteiger partial charge >= 0.3 is 34.1 Å². The van der Waals surface area contributed by atoms with Crippen molar-refractivity contribution in [2.45, 2.75) is 118 Å². The van der Waals surface area contributed by atoms with Crippen LogP contribution in [-0.2, 0) is 34.1 Å². The summed E-state index contributed by atoms with van der Waals surface area (Å²) in [4.78, 5) is 4.14. The van der Waals surface area contributed by atoms with Gasteiger partial charge in [-0.25, -0.2) is 0 Å². The van der Waals surface area contributed by atoms with Gasteiger partial charge in [-0.3, -0.25) is 0 Å². The number of nitrogens with zero attached hydrogens (tertiary/aromatic N) is 6. The predicted octanol–water partition coefficient (Wildman–Crippen LogP) is 6.35. The molecule has 30 heavy (non-hydrogen) atoms. The van der Waals surface area contributed by atoms with Gasteiger partial charge in [-0.15, -0.1) is 24.2 Å². The van der Waals surface area contributed by atoms with Crippen LogP contribution in [0.1, 0.15) is 81.1 Å². The SMILES string of the molecule is CCC(C)[N-]C([N-]C(C)CC)N(C)C.CCC(C)[N-]C([N-]C(C)CC)N(C)C.[Cu+2].[Cu+2]. The molecule has 2 radical (unpaired) electrons. The number of hydrogen-bond donors (Lipinski definition) is 0. The predicted molar refractivity (Wildman–Crippen MR) is 127 cm³/mol. The van der Waals surface area contributed by atoms with Crippen molar-refractivity contribution in [3.8, 4) is 0 Å². The van der Waals surface area contributed by atoms with Crippen molar-refractivity contribution in [1.82, 2.24) is 9.80 Å². The Morgan fingerprint density at radius 1 is 0.467 bits per heavy atom. The minimum Gasteiger partial charge on any atom is -0.663 e. The van der Waals surface area contributed by atoms with E-state index in [1.54, 1.807) is 0 Å². The van der Waals surface area contributed by atoms with Gasteiger partial charge in [0.15, 0.2) is 0 Å². The molecule has 0 saturated carbocycles. The van der Waals surface area contributed by atoms with Crippen molar-refractivity contribution in [3.05, 3.63) is 21.3 Å². The second kappa shape index (κ2) is 23.0. The first-order valence-corrected chi connectivity index (χ1v) is 11.1. The smallest absolute Gasteiger partial charge is 0.663 e. The summed E-state index contributed by atoms with van der Waals surface area (Å²) in [5.41, 5.74) is 0. The largest absolute Gasteiger partial charge is 2.00 e. The molecule has 0 amide bonds. The van der Waals surface area contributed by atoms with Gasteiger partial charge < -0.3 is 31.1 Å². The zero-order chi connectivity index (χ0) is 22.3. The van der Waals surface area contributed by atoms with Crippen LogP contribution in [0.4, 0.5) is 0 Å². The van der Waals surface area contributed by atoms with Gasteiger partial charge in [0.05, 0.1) is 0 Å². The van der Waals surface area contributed by atoms with E-state index < -0.39 is 0 Å². The van der Waals surface area contributed by atoms with Crippen molar-refractivity contribution in [2.24, 2.45) is 0 Å². The molecule has 190 valence electrons. The van der Waals surface area contributed by atoms with Crippen LogP contribution >= 0.6 is 0 Å². The Morgan fingerprint density at radius 3 is 0.733 bits per heavy atom. The average molecular weight is 526 g/mol. The average Bonchev–Trinajstić information content (AvgIpc) is 2.66. The Kier molecular flexibility index (Phi) is 29.2. The molecule has 6 nitrogen and oxygen atoms in total. The summed E-state index contributed by atoms with van der Waals surface area (Å²) in [7, 11) is 8.12. The standard InChI is InChI=1S/2C11H25N3.2Cu/c2*1-7-9(3)12-11(14(5)6)13-10(4)8-2;;/h2*9-11H,7-8H2,1-6H3;;/q2*-2;2*+2. The maximum atomic E-state index is 4.64. The van der Waals surface area contributed by atoms with E-state index in [4.69, 9.17) is 0 Å². The molecule has 0 bridgehead atoms. The number of rotatable bonds is 14. The van der Waals surface area contributed by atoms with E-state index >= 15 is 0 Å². The van der Waals surface area contributed by atoms with E-state index in [0.717, 1.165) is 25.7 Å². The Balaban J connectivity index is -0.000000211. The Morgan fingerprint density at radius 2 is 0.633 bits per heavy atom. The molecule has 0 aromatic carbocycles. The van der Waals surface area contributed by atoms with Crippen LogP contribution in [0.5, 0.6) is 0 Å². The van der Waals surface area contributed by atoms with Crippen LogP contribution in [0.15, 0.2) is 0 Å². The van der Waals surface area contributed by atoms with E-state index in [1.807, 2.05) is 28.2 Å². The van der Waals surface area contributed by atoms with Crippen LogP contribution < -0.4 is 0 Å². The molecule has 0 aromatic rings.